The van der Waals surface area contributed by atoms with Crippen molar-refractivity contribution < 1.29 is 19.4 Å². The first kappa shape index (κ1) is 26.5. The lowest BCUT2D eigenvalue weighted by molar-refractivity contribution is 0.0696. The van der Waals surface area contributed by atoms with Gasteiger partial charge in [-0.1, -0.05) is 32.4 Å². The van der Waals surface area contributed by atoms with E-state index in [-0.39, 0.29) is 34.6 Å². The number of nitrogens with one attached hydrogen (secondary N) is 2. The number of aromatic carboxylic acids is 1. The highest BCUT2D eigenvalue weighted by Gasteiger charge is 2.37. The van der Waals surface area contributed by atoms with E-state index in [0.29, 0.717) is 27.6 Å². The van der Waals surface area contributed by atoms with Gasteiger partial charge in [-0.15, -0.1) is 0 Å². The summed E-state index contributed by atoms with van der Waals surface area (Å²) in [7, 11) is 0. The maximum Gasteiger partial charge on any atom is 0.339 e. The van der Waals surface area contributed by atoms with E-state index >= 15 is 0 Å². The van der Waals surface area contributed by atoms with E-state index in [4.69, 9.17) is 16.0 Å². The van der Waals surface area contributed by atoms with Crippen LogP contribution >= 0.6 is 11.6 Å². The van der Waals surface area contributed by atoms with Gasteiger partial charge in [-0.3, -0.25) is 14.6 Å². The maximum atomic E-state index is 12.7. The number of halogens is 1. The largest absolute Gasteiger partial charge is 0.478 e. The second-order valence-corrected chi connectivity index (χ2v) is 11.0. The predicted octanol–water partition coefficient (Wildman–Crippen LogP) is 4.88. The van der Waals surface area contributed by atoms with Crippen molar-refractivity contribution in [3.63, 3.8) is 0 Å². The maximum absolute atomic E-state index is 12.7. The average Bonchev–Trinajstić information content (AvgIpc) is 3.47. The molecular formula is C28H27ClN4O6. The molecule has 39 heavy (non-hydrogen) atoms. The van der Waals surface area contributed by atoms with Crippen molar-refractivity contribution in [2.75, 3.05) is 15.5 Å². The van der Waals surface area contributed by atoms with E-state index in [0.717, 1.165) is 5.76 Å². The zero-order valence-electron chi connectivity index (χ0n) is 21.7. The molecular weight excluding hydrogens is 524 g/mol. The van der Waals surface area contributed by atoms with Gasteiger partial charge in [0.25, 0.3) is 10.9 Å². The third kappa shape index (κ3) is 4.55. The first-order valence-electron chi connectivity index (χ1n) is 12.2. The highest BCUT2D eigenvalue weighted by Crippen LogP contribution is 2.45. The number of carboxylic acids is 1. The number of hydrogen-bond donors (Lipinski definition) is 4. The summed E-state index contributed by atoms with van der Waals surface area (Å²) < 4.78 is 5.82. The summed E-state index contributed by atoms with van der Waals surface area (Å²) in [5.74, 6) is 0.161. The van der Waals surface area contributed by atoms with Crippen molar-refractivity contribution in [2.24, 2.45) is 5.41 Å². The molecule has 4 aromatic rings. The van der Waals surface area contributed by atoms with Crippen molar-refractivity contribution in [3.05, 3.63) is 96.4 Å². The molecule has 2 aromatic carbocycles. The standard InChI is InChI=1S/C28H27ClN4O6/c1-13-5-8-19(39-13)25(28(2,3)4)32-22-21(23(34)24(22)35)31-17-7-6-16(29)15-12-33(26(36)20(15)17)18-9-10-30-11-14(18)27(37)38/h5-11,25-26,31-32,36H,12H2,1-4H3,(H,37,38)/t25-,26?/m0/s1. The molecule has 0 bridgehead atoms. The normalized spacial score (nSPS) is 15.8. The number of hydrogen-bond acceptors (Lipinski definition) is 9. The van der Waals surface area contributed by atoms with Gasteiger partial charge in [0, 0.05) is 35.2 Å². The lowest BCUT2D eigenvalue weighted by Crippen LogP contribution is -2.39. The van der Waals surface area contributed by atoms with Crippen molar-refractivity contribution in [1.82, 2.24) is 4.98 Å². The molecule has 10 nitrogen and oxygen atoms in total. The third-order valence-electron chi connectivity index (χ3n) is 6.89. The fourth-order valence-electron chi connectivity index (χ4n) is 4.89. The monoisotopic (exact) mass is 550 g/mol. The van der Waals surface area contributed by atoms with Crippen LogP contribution in [0, 0.1) is 12.3 Å². The van der Waals surface area contributed by atoms with E-state index < -0.39 is 29.1 Å². The molecule has 0 aliphatic carbocycles. The zero-order chi connectivity index (χ0) is 28.2. The van der Waals surface area contributed by atoms with Crippen molar-refractivity contribution in [3.8, 4) is 0 Å². The molecule has 0 radical (unpaired) electrons. The molecule has 0 saturated heterocycles. The number of furan rings is 1. The molecule has 202 valence electrons. The number of aliphatic hydroxyl groups excluding tert-OH is 1. The van der Waals surface area contributed by atoms with Gasteiger partial charge in [0.05, 0.1) is 11.7 Å². The number of aromatic nitrogens is 1. The Labute approximate surface area is 228 Å². The summed E-state index contributed by atoms with van der Waals surface area (Å²) in [5.41, 5.74) is -0.0587. The first-order valence-corrected chi connectivity index (χ1v) is 12.6. The van der Waals surface area contributed by atoms with Crippen LogP contribution in [0.5, 0.6) is 0 Å². The zero-order valence-corrected chi connectivity index (χ0v) is 22.5. The Morgan fingerprint density at radius 3 is 2.51 bits per heavy atom. The van der Waals surface area contributed by atoms with Gasteiger partial charge in [-0.25, -0.2) is 4.79 Å². The van der Waals surface area contributed by atoms with Crippen LogP contribution in [-0.4, -0.2) is 21.2 Å². The van der Waals surface area contributed by atoms with Crippen molar-refractivity contribution in [1.29, 1.82) is 0 Å². The Morgan fingerprint density at radius 1 is 1.15 bits per heavy atom. The molecule has 3 heterocycles. The first-order chi connectivity index (χ1) is 18.4. The highest BCUT2D eigenvalue weighted by molar-refractivity contribution is 6.31. The molecule has 5 rings (SSSR count). The van der Waals surface area contributed by atoms with E-state index in [1.807, 2.05) is 39.8 Å². The topological polar surface area (TPSA) is 145 Å². The number of anilines is 4. The number of fused-ring (bicyclic) bond motifs is 1. The fraction of sp³-hybridized carbons (Fsp3) is 0.286. The number of benzene rings is 1. The lowest BCUT2D eigenvalue weighted by atomic mass is 9.85. The number of rotatable bonds is 7. The number of nitrogens with zero attached hydrogens (tertiary/aromatic N) is 2. The summed E-state index contributed by atoms with van der Waals surface area (Å²) >= 11 is 6.47. The van der Waals surface area contributed by atoms with E-state index in [1.165, 1.54) is 23.4 Å². The van der Waals surface area contributed by atoms with Crippen LogP contribution in [0.15, 0.2) is 56.7 Å². The fourth-order valence-corrected chi connectivity index (χ4v) is 5.11. The van der Waals surface area contributed by atoms with Gasteiger partial charge in [-0.2, -0.15) is 0 Å². The number of aryl methyl sites for hydroxylation is 1. The number of aliphatic hydroxyl groups is 1. The minimum atomic E-state index is -1.28. The summed E-state index contributed by atoms with van der Waals surface area (Å²) in [6, 6.07) is 7.98. The molecule has 11 heteroatoms. The highest BCUT2D eigenvalue weighted by atomic mass is 35.5. The summed E-state index contributed by atoms with van der Waals surface area (Å²) in [6.45, 7) is 7.92. The molecule has 1 unspecified atom stereocenters. The third-order valence-corrected chi connectivity index (χ3v) is 7.24. The van der Waals surface area contributed by atoms with Gasteiger partial charge in [-0.05, 0) is 48.2 Å². The van der Waals surface area contributed by atoms with Crippen LogP contribution in [0.4, 0.5) is 22.7 Å². The van der Waals surface area contributed by atoms with Gasteiger partial charge in [0.1, 0.15) is 28.5 Å². The van der Waals surface area contributed by atoms with Crippen LogP contribution in [0.2, 0.25) is 5.02 Å². The molecule has 2 aromatic heterocycles. The Kier molecular flexibility index (Phi) is 6.48. The predicted molar refractivity (Wildman–Crippen MR) is 148 cm³/mol. The molecule has 4 N–H and O–H groups in total. The van der Waals surface area contributed by atoms with Gasteiger partial charge in [0.2, 0.25) is 0 Å². The Hall–Kier alpha value is -4.15. The van der Waals surface area contributed by atoms with Gasteiger partial charge in [0.15, 0.2) is 6.23 Å². The summed E-state index contributed by atoms with van der Waals surface area (Å²) in [4.78, 5) is 42.5. The van der Waals surface area contributed by atoms with Crippen LogP contribution in [0.3, 0.4) is 0 Å². The second kappa shape index (κ2) is 9.55. The van der Waals surface area contributed by atoms with Crippen molar-refractivity contribution >= 4 is 40.3 Å². The van der Waals surface area contributed by atoms with E-state index in [1.54, 1.807) is 12.1 Å². The minimum Gasteiger partial charge on any atom is -0.478 e. The molecule has 0 saturated carbocycles. The lowest BCUT2D eigenvalue weighted by Gasteiger charge is -2.32. The second-order valence-electron chi connectivity index (χ2n) is 10.6. The van der Waals surface area contributed by atoms with E-state index in [2.05, 4.69) is 15.6 Å². The van der Waals surface area contributed by atoms with Gasteiger partial charge >= 0.3 is 5.97 Å². The Morgan fingerprint density at radius 2 is 1.87 bits per heavy atom. The number of pyridine rings is 1. The minimum absolute atomic E-state index is 0.0582. The van der Waals surface area contributed by atoms with Crippen LogP contribution in [-0.2, 0) is 6.54 Å². The van der Waals surface area contributed by atoms with Crippen LogP contribution < -0.4 is 26.4 Å². The summed E-state index contributed by atoms with van der Waals surface area (Å²) in [5, 5.41) is 27.5. The Balaban J connectivity index is 1.51. The Bertz CT molecular complexity index is 1660. The number of carbonyl (C=O) groups is 1. The van der Waals surface area contributed by atoms with Gasteiger partial charge < -0.3 is 30.2 Å². The molecule has 0 spiro atoms. The summed E-state index contributed by atoms with van der Waals surface area (Å²) in [6.07, 6.45) is 1.37. The molecule has 1 aliphatic heterocycles. The van der Waals surface area contributed by atoms with E-state index in [9.17, 15) is 24.6 Å². The molecule has 2 atom stereocenters. The SMILES string of the molecule is Cc1ccc([C@H](Nc2c(Nc3ccc(Cl)c4c3C(O)N(c3ccncc3C(=O)O)C4)c(=O)c2=O)C(C)(C)C)o1. The molecule has 0 fully saturated rings. The average molecular weight is 551 g/mol. The van der Waals surface area contributed by atoms with Crippen molar-refractivity contribution in [2.45, 2.75) is 46.5 Å². The van der Waals surface area contributed by atoms with Crippen LogP contribution in [0.25, 0.3) is 0 Å². The molecule has 0 amide bonds. The smallest absolute Gasteiger partial charge is 0.339 e. The number of carboxylic acid groups (broad SMARTS) is 1. The quantitative estimate of drug-likeness (QED) is 0.235. The van der Waals surface area contributed by atoms with Crippen LogP contribution in [0.1, 0.15) is 66.0 Å². The molecule has 1 aliphatic rings.